The van der Waals surface area contributed by atoms with Gasteiger partial charge in [0.2, 0.25) is 0 Å². The van der Waals surface area contributed by atoms with Gasteiger partial charge in [-0.1, -0.05) is 0 Å². The second-order valence-corrected chi connectivity index (χ2v) is 6.63. The fourth-order valence-corrected chi connectivity index (χ4v) is 5.71. The minimum Gasteiger partial charge on any atom is -0.481 e. The smallest absolute Gasteiger partial charge is 0.303 e. The number of nitrogens with two attached hydrogens (primary N) is 1. The molecule has 0 aromatic heterocycles. The third kappa shape index (κ3) is 1.35. The second-order valence-electron chi connectivity index (χ2n) is 6.63. The Kier molecular flexibility index (Phi) is 2.70. The van der Waals surface area contributed by atoms with E-state index in [1.165, 1.54) is 0 Å². The molecule has 7 unspecified atom stereocenters. The third-order valence-corrected chi connectivity index (χ3v) is 6.19. The van der Waals surface area contributed by atoms with Gasteiger partial charge in [0.1, 0.15) is 6.17 Å². The number of carboxylic acids is 1. The van der Waals surface area contributed by atoms with Gasteiger partial charge >= 0.3 is 5.97 Å². The van der Waals surface area contributed by atoms with E-state index < -0.39 is 12.1 Å². The normalized spacial score (nSPS) is 50.7. The van der Waals surface area contributed by atoms with E-state index in [-0.39, 0.29) is 17.8 Å². The Bertz CT molecular complexity index is 365. The van der Waals surface area contributed by atoms with Crippen LogP contribution >= 0.6 is 0 Å². The number of hydrogen-bond donors (Lipinski definition) is 2. The second kappa shape index (κ2) is 3.92. The largest absolute Gasteiger partial charge is 0.481 e. The molecule has 18 heavy (non-hydrogen) atoms. The monoisotopic (exact) mass is 255 g/mol. The van der Waals surface area contributed by atoms with E-state index in [0.29, 0.717) is 30.2 Å². The highest BCUT2D eigenvalue weighted by Gasteiger charge is 2.70. The average Bonchev–Trinajstić information content (AvgIpc) is 2.45. The molecule has 7 atom stereocenters. The fourth-order valence-electron chi connectivity index (χ4n) is 5.71. The molecular formula is C14H22FNO2. The molecule has 4 heteroatoms. The lowest BCUT2D eigenvalue weighted by Gasteiger charge is -2.61. The molecule has 3 nitrogen and oxygen atoms in total. The van der Waals surface area contributed by atoms with Crippen LogP contribution in [0, 0.1) is 35.0 Å². The summed E-state index contributed by atoms with van der Waals surface area (Å²) in [6.07, 6.45) is 2.55. The molecule has 0 spiro atoms. The van der Waals surface area contributed by atoms with Crippen LogP contribution in [0.5, 0.6) is 0 Å². The predicted molar refractivity (Wildman–Crippen MR) is 65.6 cm³/mol. The highest BCUT2D eigenvalue weighted by Crippen LogP contribution is 2.72. The number of alkyl halides is 1. The van der Waals surface area contributed by atoms with Crippen LogP contribution in [0.25, 0.3) is 0 Å². The molecule has 3 N–H and O–H groups in total. The summed E-state index contributed by atoms with van der Waals surface area (Å²) in [4.78, 5) is 11.1. The number of carboxylic acid groups (broad SMARTS) is 1. The SMILES string of the molecule is CC(F)C1C2CCC3C1C(C2)C3(CN)CC(=O)O. The zero-order valence-electron chi connectivity index (χ0n) is 10.8. The topological polar surface area (TPSA) is 63.3 Å². The van der Waals surface area contributed by atoms with E-state index in [0.717, 1.165) is 19.3 Å². The van der Waals surface area contributed by atoms with Crippen LogP contribution in [0.4, 0.5) is 4.39 Å². The van der Waals surface area contributed by atoms with E-state index in [1.54, 1.807) is 6.92 Å². The van der Waals surface area contributed by atoms with Gasteiger partial charge in [0.05, 0.1) is 6.42 Å². The van der Waals surface area contributed by atoms with Crippen molar-refractivity contribution in [3.8, 4) is 0 Å². The van der Waals surface area contributed by atoms with Gasteiger partial charge in [0.25, 0.3) is 0 Å². The van der Waals surface area contributed by atoms with E-state index >= 15 is 0 Å². The fraction of sp³-hybridized carbons (Fsp3) is 0.929. The highest BCUT2D eigenvalue weighted by molar-refractivity contribution is 5.68. The van der Waals surface area contributed by atoms with Crippen molar-refractivity contribution in [1.29, 1.82) is 0 Å². The molecular weight excluding hydrogens is 233 g/mol. The highest BCUT2D eigenvalue weighted by atomic mass is 19.1. The first-order valence-electron chi connectivity index (χ1n) is 7.07. The number of halogens is 1. The quantitative estimate of drug-likeness (QED) is 0.808. The Morgan fingerprint density at radius 1 is 1.50 bits per heavy atom. The van der Waals surface area contributed by atoms with Crippen molar-refractivity contribution in [3.63, 3.8) is 0 Å². The summed E-state index contributed by atoms with van der Waals surface area (Å²) in [5.74, 6) is 1.01. The summed E-state index contributed by atoms with van der Waals surface area (Å²) >= 11 is 0. The van der Waals surface area contributed by atoms with E-state index in [1.807, 2.05) is 0 Å². The third-order valence-electron chi connectivity index (χ3n) is 6.19. The molecule has 0 radical (unpaired) electrons. The Morgan fingerprint density at radius 2 is 2.22 bits per heavy atom. The van der Waals surface area contributed by atoms with Crippen molar-refractivity contribution in [2.45, 2.75) is 38.8 Å². The minimum atomic E-state index is -0.756. The predicted octanol–water partition coefficient (Wildman–Crippen LogP) is 2.06. The van der Waals surface area contributed by atoms with Gasteiger partial charge in [-0.3, -0.25) is 4.79 Å². The summed E-state index contributed by atoms with van der Waals surface area (Å²) in [6.45, 7) is 2.12. The van der Waals surface area contributed by atoms with Gasteiger partial charge < -0.3 is 10.8 Å². The van der Waals surface area contributed by atoms with Crippen molar-refractivity contribution in [2.75, 3.05) is 6.54 Å². The van der Waals surface area contributed by atoms with Crippen LogP contribution in [0.3, 0.4) is 0 Å². The Morgan fingerprint density at radius 3 is 2.78 bits per heavy atom. The van der Waals surface area contributed by atoms with Crippen LogP contribution < -0.4 is 5.73 Å². The summed E-state index contributed by atoms with van der Waals surface area (Å²) in [5.41, 5.74) is 5.69. The van der Waals surface area contributed by atoms with Gasteiger partial charge in [-0.25, -0.2) is 4.39 Å². The number of fused-ring (bicyclic) bond motifs is 1. The first-order valence-corrected chi connectivity index (χ1v) is 7.07. The zero-order valence-corrected chi connectivity index (χ0v) is 10.8. The molecule has 0 aliphatic heterocycles. The van der Waals surface area contributed by atoms with E-state index in [2.05, 4.69) is 0 Å². The Labute approximate surface area is 107 Å². The van der Waals surface area contributed by atoms with E-state index in [9.17, 15) is 9.18 Å². The lowest BCUT2D eigenvalue weighted by Crippen LogP contribution is -2.61. The maximum Gasteiger partial charge on any atom is 0.303 e. The van der Waals surface area contributed by atoms with Crippen LogP contribution in [0.15, 0.2) is 0 Å². The molecule has 3 aliphatic rings. The van der Waals surface area contributed by atoms with Gasteiger partial charge in [-0.2, -0.15) is 0 Å². The van der Waals surface area contributed by atoms with Gasteiger partial charge in [-0.05, 0) is 67.7 Å². The lowest BCUT2D eigenvalue weighted by atomic mass is 9.43. The van der Waals surface area contributed by atoms with Crippen molar-refractivity contribution >= 4 is 5.97 Å². The maximum atomic E-state index is 13.8. The number of hydrogen-bond acceptors (Lipinski definition) is 2. The number of rotatable bonds is 4. The van der Waals surface area contributed by atoms with Crippen LogP contribution in [-0.2, 0) is 4.79 Å². The van der Waals surface area contributed by atoms with Gasteiger partial charge in [-0.15, -0.1) is 0 Å². The molecule has 3 aliphatic carbocycles. The molecule has 3 saturated carbocycles. The van der Waals surface area contributed by atoms with Crippen LogP contribution in [-0.4, -0.2) is 23.8 Å². The Hall–Kier alpha value is -0.640. The van der Waals surface area contributed by atoms with Crippen LogP contribution in [0.1, 0.15) is 32.6 Å². The standard InChI is InChI=1S/C14H22FNO2/c1-7(15)12-8-2-3-9-13(12)10(4-8)14(9,6-16)5-11(17)18/h7-10,12-13H,2-6,16H2,1H3,(H,17,18). The molecule has 0 amide bonds. The van der Waals surface area contributed by atoms with Gasteiger partial charge in [0, 0.05) is 0 Å². The molecule has 3 rings (SSSR count). The van der Waals surface area contributed by atoms with Crippen molar-refractivity contribution < 1.29 is 14.3 Å². The Balaban J connectivity index is 1.89. The first-order chi connectivity index (χ1) is 8.51. The lowest BCUT2D eigenvalue weighted by molar-refractivity contribution is -0.165. The summed E-state index contributed by atoms with van der Waals surface area (Å²) in [7, 11) is 0. The molecule has 0 aromatic carbocycles. The van der Waals surface area contributed by atoms with Crippen molar-refractivity contribution in [1.82, 2.24) is 0 Å². The van der Waals surface area contributed by atoms with Crippen LogP contribution in [0.2, 0.25) is 0 Å². The number of aliphatic carboxylic acids is 1. The minimum absolute atomic E-state index is 0.169. The summed E-state index contributed by atoms with van der Waals surface area (Å²) in [6, 6.07) is 0. The van der Waals surface area contributed by atoms with E-state index in [4.69, 9.17) is 10.8 Å². The average molecular weight is 255 g/mol. The zero-order chi connectivity index (χ0) is 13.1. The van der Waals surface area contributed by atoms with Crippen molar-refractivity contribution in [3.05, 3.63) is 0 Å². The molecule has 0 aromatic rings. The molecule has 2 bridgehead atoms. The summed E-state index contributed by atoms with van der Waals surface area (Å²) in [5, 5.41) is 9.14. The van der Waals surface area contributed by atoms with Gasteiger partial charge in [0.15, 0.2) is 0 Å². The molecule has 102 valence electrons. The van der Waals surface area contributed by atoms with Crippen molar-refractivity contribution in [2.24, 2.45) is 40.7 Å². The maximum absolute atomic E-state index is 13.8. The molecule has 0 saturated heterocycles. The molecule has 3 fully saturated rings. The molecule has 0 heterocycles. The summed E-state index contributed by atoms with van der Waals surface area (Å²) < 4.78 is 13.8. The first kappa shape index (κ1) is 12.4. The number of carbonyl (C=O) groups is 1.